The van der Waals surface area contributed by atoms with E-state index in [1.807, 2.05) is 0 Å². The van der Waals surface area contributed by atoms with Crippen LogP contribution in [0.5, 0.6) is 0 Å². The number of ether oxygens (including phenoxy) is 1. The van der Waals surface area contributed by atoms with E-state index in [-0.39, 0.29) is 43.5 Å². The highest BCUT2D eigenvalue weighted by atomic mass is 28.4. The van der Waals surface area contributed by atoms with E-state index in [1.165, 1.54) is 0 Å². The summed E-state index contributed by atoms with van der Waals surface area (Å²) in [6.07, 6.45) is -1.99. The predicted octanol–water partition coefficient (Wildman–Crippen LogP) is 11.9. The summed E-state index contributed by atoms with van der Waals surface area (Å²) < 4.78 is 43.7. The summed E-state index contributed by atoms with van der Waals surface area (Å²) >= 11 is 0. The Labute approximate surface area is 299 Å². The highest BCUT2D eigenvalue weighted by molar-refractivity contribution is 6.76. The van der Waals surface area contributed by atoms with Gasteiger partial charge in [-0.25, -0.2) is 0 Å². The third kappa shape index (κ3) is 11.2. The van der Waals surface area contributed by atoms with Gasteiger partial charge in [-0.05, 0) is 90.7 Å². The zero-order valence-electron chi connectivity index (χ0n) is 36.0. The van der Waals surface area contributed by atoms with E-state index < -0.39 is 54.0 Å². The molecule has 1 saturated heterocycles. The number of hydrogen-bond donors (Lipinski definition) is 0. The molecule has 11 heteroatoms. The molecule has 1 heterocycles. The molecule has 0 aromatic rings. The van der Waals surface area contributed by atoms with Crippen molar-refractivity contribution in [3.8, 4) is 0 Å². The summed E-state index contributed by atoms with van der Waals surface area (Å²) in [6.45, 7) is 58.2. The van der Waals surface area contributed by atoms with Crippen LogP contribution in [0.15, 0.2) is 0 Å². The van der Waals surface area contributed by atoms with Crippen LogP contribution in [-0.2, 0) is 26.9 Å². The maximum absolute atomic E-state index is 7.50. The van der Waals surface area contributed by atoms with Gasteiger partial charge < -0.3 is 26.9 Å². The highest BCUT2D eigenvalue weighted by Crippen LogP contribution is 2.48. The van der Waals surface area contributed by atoms with Gasteiger partial charge in [0.15, 0.2) is 47.9 Å². The van der Waals surface area contributed by atoms with Crippen molar-refractivity contribution in [3.63, 3.8) is 0 Å². The van der Waals surface area contributed by atoms with Crippen LogP contribution in [0, 0.1) is 0 Å². The van der Waals surface area contributed by atoms with Gasteiger partial charge in [-0.2, -0.15) is 0 Å². The van der Waals surface area contributed by atoms with E-state index in [2.05, 4.69) is 169 Å². The average molecular weight is 751 g/mol. The Hall–Kier alpha value is 0.844. The minimum absolute atomic E-state index is 0.00483. The molecule has 0 spiro atoms. The molecule has 1 aliphatic heterocycles. The summed E-state index contributed by atoms with van der Waals surface area (Å²) in [5.74, 6) is 0. The Morgan fingerprint density at radius 1 is 0.447 bits per heavy atom. The van der Waals surface area contributed by atoms with Crippen molar-refractivity contribution in [1.29, 1.82) is 0 Å². The lowest BCUT2D eigenvalue weighted by molar-refractivity contribution is -0.137. The Morgan fingerprint density at radius 3 is 1.11 bits per heavy atom. The maximum atomic E-state index is 7.50. The van der Waals surface area contributed by atoms with Crippen LogP contribution >= 0.6 is 0 Å². The van der Waals surface area contributed by atoms with Crippen LogP contribution in [0.3, 0.4) is 0 Å². The molecule has 1 aliphatic rings. The van der Waals surface area contributed by atoms with Gasteiger partial charge in [-0.1, -0.05) is 104 Å². The van der Waals surface area contributed by atoms with Crippen molar-refractivity contribution >= 4 is 41.6 Å². The molecule has 0 N–H and O–H groups in total. The Balaban J connectivity index is 4.04. The topological polar surface area (TPSA) is 55.4 Å². The Kier molecular flexibility index (Phi) is 14.0. The molecule has 0 aromatic heterocycles. The standard InChI is InChI=1S/C36H82O6Si5/c1-32(2,3)43(16,17)37-26-27(39-44(18,19)33(4,5)6)28-29(40-45(20,21)34(7,8)9)30(41-46(22,23)35(10,11)12)31(38-28)42-47(24,25)36(13,14)15/h27-31H,26H2,1-25H3/t27-,28+,29+,30-,31+/m1/s1. The normalized spacial score (nSPS) is 24.2. The van der Waals surface area contributed by atoms with Gasteiger partial charge in [0.25, 0.3) is 0 Å². The molecule has 5 atom stereocenters. The second-order valence-electron chi connectivity index (χ2n) is 22.0. The zero-order valence-corrected chi connectivity index (χ0v) is 41.0. The first kappa shape index (κ1) is 45.9. The molecule has 0 aromatic carbocycles. The summed E-state index contributed by atoms with van der Waals surface area (Å²) in [6, 6.07) is 0. The molecule has 0 aliphatic carbocycles. The maximum Gasteiger partial charge on any atom is 0.195 e. The molecule has 1 rings (SSSR count). The largest absolute Gasteiger partial charge is 0.414 e. The summed E-state index contributed by atoms with van der Waals surface area (Å²) in [5, 5.41) is 0.116. The lowest BCUT2D eigenvalue weighted by atomic mass is 10.1. The van der Waals surface area contributed by atoms with Crippen molar-refractivity contribution in [2.45, 2.75) is 225 Å². The van der Waals surface area contributed by atoms with Crippen molar-refractivity contribution < 1.29 is 26.9 Å². The van der Waals surface area contributed by atoms with Crippen LogP contribution in [0.25, 0.3) is 0 Å². The first-order chi connectivity index (χ1) is 20.2. The molecule has 0 amide bonds. The zero-order chi connectivity index (χ0) is 37.8. The van der Waals surface area contributed by atoms with E-state index in [1.54, 1.807) is 0 Å². The van der Waals surface area contributed by atoms with Crippen LogP contribution in [0.4, 0.5) is 0 Å². The van der Waals surface area contributed by atoms with Crippen molar-refractivity contribution in [1.82, 2.24) is 0 Å². The van der Waals surface area contributed by atoms with Crippen molar-refractivity contribution in [3.05, 3.63) is 0 Å². The van der Waals surface area contributed by atoms with Gasteiger partial charge >= 0.3 is 0 Å². The van der Waals surface area contributed by atoms with Crippen LogP contribution < -0.4 is 0 Å². The monoisotopic (exact) mass is 750 g/mol. The van der Waals surface area contributed by atoms with Gasteiger partial charge in [0.1, 0.15) is 18.3 Å². The minimum Gasteiger partial charge on any atom is -0.414 e. The van der Waals surface area contributed by atoms with Crippen LogP contribution in [0.2, 0.25) is 90.7 Å². The van der Waals surface area contributed by atoms with Crippen LogP contribution in [0.1, 0.15) is 104 Å². The molecular weight excluding hydrogens is 669 g/mol. The van der Waals surface area contributed by atoms with Gasteiger partial charge in [-0.3, -0.25) is 0 Å². The quantitative estimate of drug-likeness (QED) is 0.185. The fourth-order valence-corrected chi connectivity index (χ4v) is 10.1. The molecule has 0 radical (unpaired) electrons. The summed E-state index contributed by atoms with van der Waals surface area (Å²) in [7, 11) is -11.2. The summed E-state index contributed by atoms with van der Waals surface area (Å²) in [4.78, 5) is 0. The van der Waals surface area contributed by atoms with Crippen molar-refractivity contribution in [2.24, 2.45) is 0 Å². The van der Waals surface area contributed by atoms with E-state index >= 15 is 0 Å². The van der Waals surface area contributed by atoms with E-state index in [0.29, 0.717) is 6.61 Å². The van der Waals surface area contributed by atoms with Crippen molar-refractivity contribution in [2.75, 3.05) is 6.61 Å². The second kappa shape index (κ2) is 14.3. The van der Waals surface area contributed by atoms with Gasteiger partial charge in [0, 0.05) is 0 Å². The molecule has 1 fully saturated rings. The molecule has 0 saturated carbocycles. The van der Waals surface area contributed by atoms with E-state index in [4.69, 9.17) is 26.9 Å². The third-order valence-corrected chi connectivity index (χ3v) is 35.3. The second-order valence-corrected chi connectivity index (χ2v) is 45.9. The SMILES string of the molecule is CC(C)(C)[Si](C)(C)OC[C@@H](O[Si](C)(C)C(C)(C)C)[C@@H]1O[C@@H](O[Si](C)(C)C(C)(C)C)[C@H](O[Si](C)(C)C(C)(C)C)[C@H]1O[Si](C)(C)C(C)(C)C. The fraction of sp³-hybridized carbons (Fsp3) is 1.00. The lowest BCUT2D eigenvalue weighted by Crippen LogP contribution is -2.58. The average Bonchev–Trinajstić information content (AvgIpc) is 3.07. The Morgan fingerprint density at radius 2 is 0.766 bits per heavy atom. The smallest absolute Gasteiger partial charge is 0.195 e. The van der Waals surface area contributed by atoms with Gasteiger partial charge in [0.05, 0.1) is 12.7 Å². The first-order valence-corrected chi connectivity index (χ1v) is 32.8. The molecular formula is C36H82O6Si5. The minimum atomic E-state index is -2.30. The molecule has 6 nitrogen and oxygen atoms in total. The van der Waals surface area contributed by atoms with Gasteiger partial charge in [-0.15, -0.1) is 0 Å². The van der Waals surface area contributed by atoms with E-state index in [0.717, 1.165) is 0 Å². The highest BCUT2D eigenvalue weighted by Gasteiger charge is 2.59. The van der Waals surface area contributed by atoms with E-state index in [9.17, 15) is 0 Å². The lowest BCUT2D eigenvalue weighted by Gasteiger charge is -2.46. The van der Waals surface area contributed by atoms with Crippen LogP contribution in [-0.4, -0.2) is 78.9 Å². The van der Waals surface area contributed by atoms with Gasteiger partial charge in [0.2, 0.25) is 0 Å². The molecule has 0 unspecified atom stereocenters. The predicted molar refractivity (Wildman–Crippen MR) is 216 cm³/mol. The number of hydrogen-bond acceptors (Lipinski definition) is 6. The molecule has 47 heavy (non-hydrogen) atoms. The fourth-order valence-electron chi connectivity index (χ4n) is 4.06. The summed E-state index contributed by atoms with van der Waals surface area (Å²) in [5.41, 5.74) is 0. The molecule has 282 valence electrons. The molecule has 0 bridgehead atoms. The number of rotatable bonds is 12. The Bertz CT molecular complexity index is 1020. The first-order valence-electron chi connectivity index (χ1n) is 18.2. The third-order valence-electron chi connectivity index (χ3n) is 12.9.